The van der Waals surface area contributed by atoms with Crippen molar-refractivity contribution < 1.29 is 14.4 Å². The standard InChI is InChI=1S/C19H20N2O4/c1-3-19(4-2)15-7-5-6-8-16(15)20-12-24-17-10-9-13(21(22)23)11-14(17)18(20)25-19/h5-11,18H,3-4,12H2,1-2H3/t18-/m0/s1. The number of ether oxygens (including phenoxy) is 2. The number of fused-ring (bicyclic) bond motifs is 5. The molecule has 0 bridgehead atoms. The van der Waals surface area contributed by atoms with Crippen LogP contribution in [0, 0.1) is 10.1 Å². The molecule has 0 aromatic heterocycles. The zero-order chi connectivity index (χ0) is 17.6. The van der Waals surface area contributed by atoms with Crippen molar-refractivity contribution in [2.75, 3.05) is 11.6 Å². The summed E-state index contributed by atoms with van der Waals surface area (Å²) in [5, 5.41) is 11.2. The number of rotatable bonds is 3. The van der Waals surface area contributed by atoms with Gasteiger partial charge in [0, 0.05) is 23.4 Å². The number of nitrogens with zero attached hydrogens (tertiary/aromatic N) is 2. The molecule has 2 aliphatic heterocycles. The maximum Gasteiger partial charge on any atom is 0.270 e. The van der Waals surface area contributed by atoms with Gasteiger partial charge in [0.2, 0.25) is 0 Å². The maximum atomic E-state index is 11.2. The first-order valence-electron chi connectivity index (χ1n) is 8.54. The minimum atomic E-state index is -0.406. The lowest BCUT2D eigenvalue weighted by Gasteiger charge is -2.50. The molecule has 130 valence electrons. The van der Waals surface area contributed by atoms with Crippen LogP contribution in [0.4, 0.5) is 11.4 Å². The Labute approximate surface area is 146 Å². The van der Waals surface area contributed by atoms with E-state index in [9.17, 15) is 10.1 Å². The average molecular weight is 340 g/mol. The number of hydrogen-bond acceptors (Lipinski definition) is 5. The first-order valence-corrected chi connectivity index (χ1v) is 8.54. The molecule has 0 radical (unpaired) electrons. The molecule has 2 aromatic rings. The van der Waals surface area contributed by atoms with Gasteiger partial charge in [-0.25, -0.2) is 0 Å². The lowest BCUT2D eigenvalue weighted by Crippen LogP contribution is -2.48. The minimum absolute atomic E-state index is 0.0465. The second kappa shape index (κ2) is 5.74. The molecule has 0 aliphatic carbocycles. The third-order valence-electron chi connectivity index (χ3n) is 5.30. The Morgan fingerprint density at radius 1 is 1.24 bits per heavy atom. The second-order valence-corrected chi connectivity index (χ2v) is 6.41. The molecule has 0 saturated heterocycles. The van der Waals surface area contributed by atoms with E-state index in [-0.39, 0.29) is 10.6 Å². The zero-order valence-corrected chi connectivity index (χ0v) is 14.3. The lowest BCUT2D eigenvalue weighted by molar-refractivity contribution is -0.385. The summed E-state index contributed by atoms with van der Waals surface area (Å²) in [5.41, 5.74) is 2.57. The van der Waals surface area contributed by atoms with Crippen LogP contribution < -0.4 is 9.64 Å². The number of non-ortho nitro benzene ring substituents is 1. The Kier molecular flexibility index (Phi) is 3.65. The highest BCUT2D eigenvalue weighted by molar-refractivity contribution is 5.61. The van der Waals surface area contributed by atoms with Gasteiger partial charge < -0.3 is 14.4 Å². The van der Waals surface area contributed by atoms with Crippen molar-refractivity contribution in [3.8, 4) is 5.75 Å². The lowest BCUT2D eigenvalue weighted by atomic mass is 9.84. The Hall–Kier alpha value is -2.60. The Balaban J connectivity index is 1.89. The van der Waals surface area contributed by atoms with Gasteiger partial charge in [-0.1, -0.05) is 32.0 Å². The quantitative estimate of drug-likeness (QED) is 0.608. The highest BCUT2D eigenvalue weighted by atomic mass is 16.6. The molecule has 25 heavy (non-hydrogen) atoms. The smallest absolute Gasteiger partial charge is 0.270 e. The Morgan fingerprint density at radius 2 is 2.00 bits per heavy atom. The van der Waals surface area contributed by atoms with Crippen LogP contribution in [0.3, 0.4) is 0 Å². The summed E-state index contributed by atoms with van der Waals surface area (Å²) in [6.07, 6.45) is 1.27. The van der Waals surface area contributed by atoms with Gasteiger partial charge in [0.15, 0.2) is 13.0 Å². The maximum absolute atomic E-state index is 11.2. The molecular weight excluding hydrogens is 320 g/mol. The van der Waals surface area contributed by atoms with Gasteiger partial charge in [0.25, 0.3) is 5.69 Å². The van der Waals surface area contributed by atoms with Crippen LogP contribution in [0.2, 0.25) is 0 Å². The number of anilines is 1. The second-order valence-electron chi connectivity index (χ2n) is 6.41. The molecule has 0 N–H and O–H groups in total. The summed E-state index contributed by atoms with van der Waals surface area (Å²) in [6.45, 7) is 4.59. The van der Waals surface area contributed by atoms with E-state index < -0.39 is 11.8 Å². The van der Waals surface area contributed by atoms with Crippen molar-refractivity contribution in [1.29, 1.82) is 0 Å². The largest absolute Gasteiger partial charge is 0.473 e. The summed E-state index contributed by atoms with van der Waals surface area (Å²) >= 11 is 0. The zero-order valence-electron chi connectivity index (χ0n) is 14.3. The predicted molar refractivity (Wildman–Crippen MR) is 93.6 cm³/mol. The van der Waals surface area contributed by atoms with Crippen molar-refractivity contribution in [1.82, 2.24) is 0 Å². The van der Waals surface area contributed by atoms with Gasteiger partial charge in [-0.2, -0.15) is 0 Å². The molecule has 2 heterocycles. The fraction of sp³-hybridized carbons (Fsp3) is 0.368. The minimum Gasteiger partial charge on any atom is -0.473 e. The fourth-order valence-electron chi connectivity index (χ4n) is 3.86. The van der Waals surface area contributed by atoms with Crippen molar-refractivity contribution in [2.45, 2.75) is 38.5 Å². The Morgan fingerprint density at radius 3 is 2.72 bits per heavy atom. The van der Waals surface area contributed by atoms with Crippen molar-refractivity contribution in [3.05, 3.63) is 63.7 Å². The number of para-hydroxylation sites is 1. The van der Waals surface area contributed by atoms with Gasteiger partial charge in [-0.15, -0.1) is 0 Å². The van der Waals surface area contributed by atoms with E-state index in [1.165, 1.54) is 6.07 Å². The first-order chi connectivity index (χ1) is 12.1. The van der Waals surface area contributed by atoms with Crippen LogP contribution in [0.5, 0.6) is 5.75 Å². The van der Waals surface area contributed by atoms with Gasteiger partial charge in [-0.3, -0.25) is 10.1 Å². The molecule has 6 nitrogen and oxygen atoms in total. The fourth-order valence-corrected chi connectivity index (χ4v) is 3.86. The van der Waals surface area contributed by atoms with Crippen molar-refractivity contribution in [3.63, 3.8) is 0 Å². The van der Waals surface area contributed by atoms with Crippen LogP contribution in [0.1, 0.15) is 44.0 Å². The summed E-state index contributed by atoms with van der Waals surface area (Å²) in [4.78, 5) is 12.8. The SMILES string of the molecule is CCC1(CC)O[C@H]2c3cc([N+](=O)[O-])ccc3OCN2c2ccccc21. The number of hydrogen-bond donors (Lipinski definition) is 0. The summed E-state index contributed by atoms with van der Waals surface area (Å²) in [5.74, 6) is 0.646. The highest BCUT2D eigenvalue weighted by Crippen LogP contribution is 2.52. The Bertz CT molecular complexity index is 832. The van der Waals surface area contributed by atoms with Crippen LogP contribution in [0.25, 0.3) is 0 Å². The molecule has 0 amide bonds. The predicted octanol–water partition coefficient (Wildman–Crippen LogP) is 4.50. The van der Waals surface area contributed by atoms with E-state index in [1.807, 2.05) is 17.0 Å². The van der Waals surface area contributed by atoms with E-state index >= 15 is 0 Å². The van der Waals surface area contributed by atoms with E-state index in [0.29, 0.717) is 18.0 Å². The molecular formula is C19H20N2O4. The van der Waals surface area contributed by atoms with Gasteiger partial charge in [-0.05, 0) is 25.0 Å². The molecule has 2 aliphatic rings. The van der Waals surface area contributed by atoms with Gasteiger partial charge in [0.05, 0.1) is 16.1 Å². The van der Waals surface area contributed by atoms with Gasteiger partial charge >= 0.3 is 0 Å². The van der Waals surface area contributed by atoms with E-state index in [1.54, 1.807) is 12.1 Å². The molecule has 0 spiro atoms. The van der Waals surface area contributed by atoms with Crippen LogP contribution in [-0.4, -0.2) is 11.7 Å². The monoisotopic (exact) mass is 340 g/mol. The third kappa shape index (κ3) is 2.28. The van der Waals surface area contributed by atoms with Crippen LogP contribution >= 0.6 is 0 Å². The van der Waals surface area contributed by atoms with E-state index in [0.717, 1.165) is 24.1 Å². The number of nitro groups is 1. The summed E-state index contributed by atoms with van der Waals surface area (Å²) in [7, 11) is 0. The molecule has 0 fully saturated rings. The van der Waals surface area contributed by atoms with Crippen LogP contribution in [-0.2, 0) is 10.3 Å². The number of benzene rings is 2. The average Bonchev–Trinajstić information content (AvgIpc) is 2.66. The molecule has 2 aromatic carbocycles. The van der Waals surface area contributed by atoms with E-state index in [2.05, 4.69) is 26.0 Å². The van der Waals surface area contributed by atoms with Crippen molar-refractivity contribution >= 4 is 11.4 Å². The molecule has 1 atom stereocenters. The highest BCUT2D eigenvalue weighted by Gasteiger charge is 2.45. The molecule has 0 unspecified atom stereocenters. The van der Waals surface area contributed by atoms with E-state index in [4.69, 9.17) is 9.47 Å². The summed E-state index contributed by atoms with van der Waals surface area (Å²) < 4.78 is 12.4. The molecule has 6 heteroatoms. The van der Waals surface area contributed by atoms with Crippen LogP contribution in [0.15, 0.2) is 42.5 Å². The first kappa shape index (κ1) is 15.9. The van der Waals surface area contributed by atoms with Crippen molar-refractivity contribution in [2.24, 2.45) is 0 Å². The molecule has 0 saturated carbocycles. The summed E-state index contributed by atoms with van der Waals surface area (Å²) in [6, 6.07) is 12.9. The third-order valence-corrected chi connectivity index (χ3v) is 5.30. The van der Waals surface area contributed by atoms with Gasteiger partial charge in [0.1, 0.15) is 5.75 Å². The molecule has 4 rings (SSSR count). The topological polar surface area (TPSA) is 64.8 Å². The number of nitro benzene ring substituents is 1. The normalized spacial score (nSPS) is 20.1.